The minimum absolute atomic E-state index is 0.0832. The van der Waals surface area contributed by atoms with Gasteiger partial charge in [0.15, 0.2) is 0 Å². The van der Waals surface area contributed by atoms with E-state index in [1.54, 1.807) is 11.0 Å². The normalized spacial score (nSPS) is 23.4. The van der Waals surface area contributed by atoms with Crippen molar-refractivity contribution < 1.29 is 28.7 Å². The van der Waals surface area contributed by atoms with Gasteiger partial charge in [0.1, 0.15) is 11.9 Å². The van der Waals surface area contributed by atoms with Gasteiger partial charge in [-0.05, 0) is 29.8 Å². The quantitative estimate of drug-likeness (QED) is 0.489. The molecule has 4 unspecified atom stereocenters. The number of nitrogens with zero attached hydrogens (tertiary/aromatic N) is 3. The van der Waals surface area contributed by atoms with Crippen LogP contribution in [0.5, 0.6) is 0 Å². The Kier molecular flexibility index (Phi) is 6.87. The van der Waals surface area contributed by atoms with Gasteiger partial charge in [0.25, 0.3) is 5.91 Å². The summed E-state index contributed by atoms with van der Waals surface area (Å²) in [6, 6.07) is 9.28. The lowest BCUT2D eigenvalue weighted by Crippen LogP contribution is -2.35. The Hall–Kier alpha value is -3.86. The molecule has 0 saturated carbocycles. The Morgan fingerprint density at radius 3 is 2.37 bits per heavy atom. The number of rotatable bonds is 7. The molecule has 0 radical (unpaired) electrons. The van der Waals surface area contributed by atoms with Crippen molar-refractivity contribution in [3.05, 3.63) is 64.4 Å². The van der Waals surface area contributed by atoms with Gasteiger partial charge in [0, 0.05) is 43.7 Å². The van der Waals surface area contributed by atoms with Crippen LogP contribution in [-0.2, 0) is 9.59 Å². The van der Waals surface area contributed by atoms with Gasteiger partial charge >= 0.3 is 12.0 Å². The highest BCUT2D eigenvalue weighted by Crippen LogP contribution is 2.37. The first-order valence-electron chi connectivity index (χ1n) is 12.3. The van der Waals surface area contributed by atoms with E-state index >= 15 is 0 Å². The monoisotopic (exact) mass is 543 g/mol. The number of carboxylic acids is 1. The van der Waals surface area contributed by atoms with E-state index in [0.29, 0.717) is 31.7 Å². The van der Waals surface area contributed by atoms with Crippen LogP contribution >= 0.6 is 11.6 Å². The number of nitrogens with two attached hydrogens (primary N) is 1. The molecule has 3 fully saturated rings. The second-order valence-corrected chi connectivity index (χ2v) is 10.4. The number of carbonyl (C=O) groups excluding carboxylic acids is 3. The standard InChI is InChI=1S/C26H27ClFN5O5/c27-18-5-2-6-19(28)23(18)24(35)32-11-15-9-31(10-16(15)12-32)17-4-1-3-14(7-17)21(8-22(29)34)33-13-20(25(36)37)30-26(33)38/h1-7,15-16,20-21H,8-13H2,(H2,29,34)(H,30,38)(H,36,37). The van der Waals surface area contributed by atoms with Crippen LogP contribution in [0.4, 0.5) is 14.9 Å². The van der Waals surface area contributed by atoms with Crippen LogP contribution in [0.3, 0.4) is 0 Å². The molecule has 10 nitrogen and oxygen atoms in total. The van der Waals surface area contributed by atoms with Crippen molar-refractivity contribution in [1.82, 2.24) is 15.1 Å². The minimum atomic E-state index is -1.15. The van der Waals surface area contributed by atoms with E-state index in [-0.39, 0.29) is 35.4 Å². The molecule has 3 aliphatic heterocycles. The average molecular weight is 544 g/mol. The maximum atomic E-state index is 14.3. The molecule has 38 heavy (non-hydrogen) atoms. The van der Waals surface area contributed by atoms with Gasteiger partial charge in [-0.15, -0.1) is 0 Å². The number of amides is 4. The summed E-state index contributed by atoms with van der Waals surface area (Å²) in [6.45, 7) is 2.24. The molecular weight excluding hydrogens is 517 g/mol. The number of halogens is 2. The molecule has 0 aromatic heterocycles. The van der Waals surface area contributed by atoms with Crippen LogP contribution in [0.15, 0.2) is 42.5 Å². The summed E-state index contributed by atoms with van der Waals surface area (Å²) in [5, 5.41) is 11.8. The summed E-state index contributed by atoms with van der Waals surface area (Å²) in [7, 11) is 0. The Morgan fingerprint density at radius 2 is 1.76 bits per heavy atom. The van der Waals surface area contributed by atoms with Gasteiger partial charge in [0.05, 0.1) is 29.6 Å². The molecule has 2 aromatic carbocycles. The third kappa shape index (κ3) is 4.85. The molecule has 3 heterocycles. The van der Waals surface area contributed by atoms with Crippen molar-refractivity contribution in [3.8, 4) is 0 Å². The van der Waals surface area contributed by atoms with Gasteiger partial charge in [0.2, 0.25) is 5.91 Å². The molecular formula is C26H27ClFN5O5. The lowest BCUT2D eigenvalue weighted by Gasteiger charge is -2.28. The molecule has 0 bridgehead atoms. The van der Waals surface area contributed by atoms with Gasteiger partial charge in [-0.2, -0.15) is 0 Å². The second kappa shape index (κ2) is 10.1. The topological polar surface area (TPSA) is 136 Å². The third-order valence-electron chi connectivity index (χ3n) is 7.58. The summed E-state index contributed by atoms with van der Waals surface area (Å²) < 4.78 is 14.3. The maximum Gasteiger partial charge on any atom is 0.328 e. The minimum Gasteiger partial charge on any atom is -0.480 e. The zero-order valence-electron chi connectivity index (χ0n) is 20.3. The summed E-state index contributed by atoms with van der Waals surface area (Å²) in [6.07, 6.45) is -0.149. The Bertz CT molecular complexity index is 1270. The largest absolute Gasteiger partial charge is 0.480 e. The first-order chi connectivity index (χ1) is 18.1. The number of hydrogen-bond donors (Lipinski definition) is 3. The number of benzene rings is 2. The summed E-state index contributed by atoms with van der Waals surface area (Å²) in [4.78, 5) is 53.9. The lowest BCUT2D eigenvalue weighted by molar-refractivity contribution is -0.138. The van der Waals surface area contributed by atoms with E-state index in [4.69, 9.17) is 17.3 Å². The van der Waals surface area contributed by atoms with Crippen molar-refractivity contribution in [2.45, 2.75) is 18.5 Å². The summed E-state index contributed by atoms with van der Waals surface area (Å²) in [5.74, 6) is -2.42. The molecule has 4 N–H and O–H groups in total. The molecule has 3 saturated heterocycles. The maximum absolute atomic E-state index is 14.3. The molecule has 2 aromatic rings. The van der Waals surface area contributed by atoms with Crippen LogP contribution in [0.25, 0.3) is 0 Å². The fraction of sp³-hybridized carbons (Fsp3) is 0.385. The smallest absolute Gasteiger partial charge is 0.328 e. The van der Waals surface area contributed by atoms with Crippen molar-refractivity contribution in [1.29, 1.82) is 0 Å². The highest BCUT2D eigenvalue weighted by molar-refractivity contribution is 6.33. The van der Waals surface area contributed by atoms with E-state index in [1.165, 1.54) is 23.1 Å². The summed E-state index contributed by atoms with van der Waals surface area (Å²) >= 11 is 6.10. The lowest BCUT2D eigenvalue weighted by atomic mass is 10.0. The van der Waals surface area contributed by atoms with Gasteiger partial charge in [-0.25, -0.2) is 14.0 Å². The zero-order valence-corrected chi connectivity index (χ0v) is 21.1. The predicted molar refractivity (Wildman–Crippen MR) is 136 cm³/mol. The van der Waals surface area contributed by atoms with Gasteiger partial charge < -0.3 is 30.9 Å². The van der Waals surface area contributed by atoms with Crippen molar-refractivity contribution >= 4 is 41.1 Å². The molecule has 3 aliphatic rings. The van der Waals surface area contributed by atoms with Crippen molar-refractivity contribution in [3.63, 3.8) is 0 Å². The number of urea groups is 1. The molecule has 4 atom stereocenters. The molecule has 12 heteroatoms. The highest BCUT2D eigenvalue weighted by Gasteiger charge is 2.43. The zero-order chi connectivity index (χ0) is 27.1. The van der Waals surface area contributed by atoms with Crippen LogP contribution in [0.1, 0.15) is 28.4 Å². The predicted octanol–water partition coefficient (Wildman–Crippen LogP) is 2.08. The number of fused-ring (bicyclic) bond motifs is 1. The van der Waals surface area contributed by atoms with E-state index in [2.05, 4.69) is 10.2 Å². The van der Waals surface area contributed by atoms with Crippen LogP contribution < -0.4 is 16.0 Å². The Labute approximate surface area is 223 Å². The highest BCUT2D eigenvalue weighted by atomic mass is 35.5. The number of carbonyl (C=O) groups is 4. The number of nitrogens with one attached hydrogen (secondary N) is 1. The van der Waals surface area contributed by atoms with Crippen LogP contribution in [0, 0.1) is 17.7 Å². The number of anilines is 1. The van der Waals surface area contributed by atoms with Gasteiger partial charge in [-0.1, -0.05) is 29.8 Å². The number of hydrogen-bond acceptors (Lipinski definition) is 5. The Balaban J connectivity index is 1.30. The van der Waals surface area contributed by atoms with Crippen molar-refractivity contribution in [2.24, 2.45) is 17.6 Å². The molecule has 0 aliphatic carbocycles. The third-order valence-corrected chi connectivity index (χ3v) is 7.89. The molecule has 0 spiro atoms. The van der Waals surface area contributed by atoms with E-state index in [1.807, 2.05) is 18.2 Å². The second-order valence-electron chi connectivity index (χ2n) is 10.0. The van der Waals surface area contributed by atoms with Gasteiger partial charge in [-0.3, -0.25) is 9.59 Å². The first-order valence-corrected chi connectivity index (χ1v) is 12.7. The number of aliphatic carboxylic acids is 1. The van der Waals surface area contributed by atoms with E-state index in [0.717, 1.165) is 5.69 Å². The molecule has 200 valence electrons. The number of carboxylic acid groups (broad SMARTS) is 1. The Morgan fingerprint density at radius 1 is 1.08 bits per heavy atom. The molecule has 4 amide bonds. The molecule has 5 rings (SSSR count). The fourth-order valence-corrected chi connectivity index (χ4v) is 5.97. The summed E-state index contributed by atoms with van der Waals surface area (Å²) in [5.41, 5.74) is 6.93. The van der Waals surface area contributed by atoms with Crippen molar-refractivity contribution in [2.75, 3.05) is 37.6 Å². The first kappa shape index (κ1) is 25.8. The van der Waals surface area contributed by atoms with Crippen LogP contribution in [0.2, 0.25) is 5.02 Å². The van der Waals surface area contributed by atoms with E-state index < -0.39 is 41.7 Å². The fourth-order valence-electron chi connectivity index (χ4n) is 5.72. The number of primary amides is 1. The van der Waals surface area contributed by atoms with Crippen LogP contribution in [-0.4, -0.2) is 77.5 Å². The number of likely N-dealkylation sites (tertiary alicyclic amines) is 1. The average Bonchev–Trinajstić information content (AvgIpc) is 3.56. The van der Waals surface area contributed by atoms with E-state index in [9.17, 15) is 28.7 Å². The SMILES string of the molecule is NC(=O)CC(c1cccc(N2CC3CN(C(=O)c4c(F)cccc4Cl)CC3C2)c1)N1CC(C(=O)O)NC1=O.